The first kappa shape index (κ1) is 13.1. The first-order valence-electron chi connectivity index (χ1n) is 6.00. The molecule has 0 spiro atoms. The number of carbonyl (C=O) groups is 1. The van der Waals surface area contributed by atoms with Gasteiger partial charge in [-0.1, -0.05) is 36.4 Å². The number of rotatable bonds is 3. The lowest BCUT2D eigenvalue weighted by molar-refractivity contribution is 0.251. The molecule has 0 saturated carbocycles. The molecule has 0 aliphatic heterocycles. The second-order valence-corrected chi connectivity index (χ2v) is 4.28. The number of amides is 2. The second-order valence-electron chi connectivity index (χ2n) is 4.28. The molecule has 2 aromatic rings. The van der Waals surface area contributed by atoms with Crippen molar-refractivity contribution < 1.29 is 9.18 Å². The second kappa shape index (κ2) is 6.00. The van der Waals surface area contributed by atoms with Crippen molar-refractivity contribution in [2.75, 3.05) is 5.32 Å². The number of aryl methyl sites for hydroxylation is 1. The van der Waals surface area contributed by atoms with Crippen molar-refractivity contribution in [3.63, 3.8) is 0 Å². The standard InChI is InChI=1S/C15H15FN2O/c1-11-7-8-14(13(16)9-11)18-15(19)17-10-12-5-3-2-4-6-12/h2-9H,10H2,1H3,(H2,17,18,19). The molecule has 2 aromatic carbocycles. The van der Waals surface area contributed by atoms with Crippen LogP contribution in [-0.2, 0) is 6.54 Å². The van der Waals surface area contributed by atoms with Gasteiger partial charge in [-0.15, -0.1) is 0 Å². The third-order valence-electron chi connectivity index (χ3n) is 2.67. The van der Waals surface area contributed by atoms with Gasteiger partial charge < -0.3 is 10.6 Å². The molecule has 0 saturated heterocycles. The highest BCUT2D eigenvalue weighted by atomic mass is 19.1. The van der Waals surface area contributed by atoms with E-state index in [4.69, 9.17) is 0 Å². The summed E-state index contributed by atoms with van der Waals surface area (Å²) in [6, 6.07) is 13.8. The molecule has 0 aliphatic carbocycles. The molecule has 2 N–H and O–H groups in total. The zero-order valence-electron chi connectivity index (χ0n) is 10.6. The highest BCUT2D eigenvalue weighted by Crippen LogP contribution is 2.14. The van der Waals surface area contributed by atoms with Crippen LogP contribution in [0.3, 0.4) is 0 Å². The Bertz CT molecular complexity index is 570. The highest BCUT2D eigenvalue weighted by molar-refractivity contribution is 5.89. The maximum absolute atomic E-state index is 13.5. The normalized spacial score (nSPS) is 10.0. The van der Waals surface area contributed by atoms with E-state index in [0.717, 1.165) is 11.1 Å². The molecule has 98 valence electrons. The summed E-state index contributed by atoms with van der Waals surface area (Å²) in [5.74, 6) is -0.435. The molecule has 0 heterocycles. The number of hydrogen-bond acceptors (Lipinski definition) is 1. The van der Waals surface area contributed by atoms with Crippen LogP contribution < -0.4 is 10.6 Å². The zero-order valence-corrected chi connectivity index (χ0v) is 10.6. The average Bonchev–Trinajstić information content (AvgIpc) is 2.41. The molecule has 2 amide bonds. The van der Waals surface area contributed by atoms with Crippen LogP contribution in [0.4, 0.5) is 14.9 Å². The van der Waals surface area contributed by atoms with Crippen molar-refractivity contribution >= 4 is 11.7 Å². The molecule has 0 unspecified atom stereocenters. The molecule has 0 aliphatic rings. The third-order valence-corrected chi connectivity index (χ3v) is 2.67. The van der Waals surface area contributed by atoms with E-state index >= 15 is 0 Å². The Labute approximate surface area is 111 Å². The van der Waals surface area contributed by atoms with Crippen molar-refractivity contribution in [2.45, 2.75) is 13.5 Å². The van der Waals surface area contributed by atoms with E-state index in [9.17, 15) is 9.18 Å². The van der Waals surface area contributed by atoms with Crippen LogP contribution >= 0.6 is 0 Å². The first-order valence-corrected chi connectivity index (χ1v) is 6.00. The minimum Gasteiger partial charge on any atom is -0.334 e. The number of halogens is 1. The summed E-state index contributed by atoms with van der Waals surface area (Å²) in [4.78, 5) is 11.6. The number of benzene rings is 2. The highest BCUT2D eigenvalue weighted by Gasteiger charge is 2.06. The molecule has 4 heteroatoms. The molecule has 0 radical (unpaired) electrons. The third kappa shape index (κ3) is 3.81. The van der Waals surface area contributed by atoms with Gasteiger partial charge in [-0.05, 0) is 30.2 Å². The van der Waals surface area contributed by atoms with Gasteiger partial charge in [0.2, 0.25) is 0 Å². The summed E-state index contributed by atoms with van der Waals surface area (Å²) in [5.41, 5.74) is 1.98. The van der Waals surface area contributed by atoms with Crippen molar-refractivity contribution in [3.8, 4) is 0 Å². The lowest BCUT2D eigenvalue weighted by atomic mass is 10.2. The Morgan fingerprint density at radius 3 is 2.58 bits per heavy atom. The van der Waals surface area contributed by atoms with Crippen molar-refractivity contribution in [1.82, 2.24) is 5.32 Å². The van der Waals surface area contributed by atoms with E-state index in [1.807, 2.05) is 30.3 Å². The van der Waals surface area contributed by atoms with Crippen LogP contribution in [0, 0.1) is 12.7 Å². The smallest absolute Gasteiger partial charge is 0.319 e. The van der Waals surface area contributed by atoms with E-state index in [0.29, 0.717) is 6.54 Å². The zero-order chi connectivity index (χ0) is 13.7. The van der Waals surface area contributed by atoms with E-state index in [-0.39, 0.29) is 5.69 Å². The average molecular weight is 258 g/mol. The number of anilines is 1. The fourth-order valence-corrected chi connectivity index (χ4v) is 1.67. The summed E-state index contributed by atoms with van der Waals surface area (Å²) in [7, 11) is 0. The van der Waals surface area contributed by atoms with E-state index in [1.165, 1.54) is 6.07 Å². The summed E-state index contributed by atoms with van der Waals surface area (Å²) in [5, 5.41) is 5.16. The van der Waals surface area contributed by atoms with Gasteiger partial charge in [-0.25, -0.2) is 9.18 Å². The quantitative estimate of drug-likeness (QED) is 0.869. The Morgan fingerprint density at radius 1 is 1.16 bits per heavy atom. The van der Waals surface area contributed by atoms with Gasteiger partial charge in [-0.2, -0.15) is 0 Å². The molecule has 2 rings (SSSR count). The monoisotopic (exact) mass is 258 g/mol. The summed E-state index contributed by atoms with van der Waals surface area (Å²) >= 11 is 0. The molecular formula is C15H15FN2O. The first-order chi connectivity index (χ1) is 9.15. The summed E-state index contributed by atoms with van der Waals surface area (Å²) in [6.07, 6.45) is 0. The van der Waals surface area contributed by atoms with Gasteiger partial charge in [0.25, 0.3) is 0 Å². The number of hydrogen-bond donors (Lipinski definition) is 2. The predicted octanol–water partition coefficient (Wildman–Crippen LogP) is 3.46. The minimum absolute atomic E-state index is 0.177. The minimum atomic E-state index is -0.435. The van der Waals surface area contributed by atoms with Crippen LogP contribution in [0.1, 0.15) is 11.1 Å². The summed E-state index contributed by atoms with van der Waals surface area (Å²) in [6.45, 7) is 2.20. The Morgan fingerprint density at radius 2 is 1.89 bits per heavy atom. The molecule has 0 bridgehead atoms. The van der Waals surface area contributed by atoms with Gasteiger partial charge in [0.1, 0.15) is 5.82 Å². The van der Waals surface area contributed by atoms with Gasteiger partial charge >= 0.3 is 6.03 Å². The molecule has 3 nitrogen and oxygen atoms in total. The maximum atomic E-state index is 13.5. The SMILES string of the molecule is Cc1ccc(NC(=O)NCc2ccccc2)c(F)c1. The van der Waals surface area contributed by atoms with Gasteiger partial charge in [0, 0.05) is 6.54 Å². The van der Waals surface area contributed by atoms with Crippen LogP contribution in [0.5, 0.6) is 0 Å². The molecule has 0 fully saturated rings. The molecule has 0 aromatic heterocycles. The lowest BCUT2D eigenvalue weighted by Gasteiger charge is -2.08. The van der Waals surface area contributed by atoms with Crippen LogP contribution in [-0.4, -0.2) is 6.03 Å². The predicted molar refractivity (Wildman–Crippen MR) is 73.4 cm³/mol. The van der Waals surface area contributed by atoms with Crippen molar-refractivity contribution in [3.05, 3.63) is 65.5 Å². The maximum Gasteiger partial charge on any atom is 0.319 e. The van der Waals surface area contributed by atoms with Crippen LogP contribution in [0.15, 0.2) is 48.5 Å². The van der Waals surface area contributed by atoms with E-state index < -0.39 is 11.8 Å². The van der Waals surface area contributed by atoms with E-state index in [2.05, 4.69) is 10.6 Å². The van der Waals surface area contributed by atoms with Crippen LogP contribution in [0.2, 0.25) is 0 Å². The van der Waals surface area contributed by atoms with E-state index in [1.54, 1.807) is 19.1 Å². The summed E-state index contributed by atoms with van der Waals surface area (Å²) < 4.78 is 13.5. The molecule has 19 heavy (non-hydrogen) atoms. The van der Waals surface area contributed by atoms with Gasteiger partial charge in [0.15, 0.2) is 0 Å². The van der Waals surface area contributed by atoms with Crippen molar-refractivity contribution in [1.29, 1.82) is 0 Å². The fraction of sp³-hybridized carbons (Fsp3) is 0.133. The topological polar surface area (TPSA) is 41.1 Å². The fourth-order valence-electron chi connectivity index (χ4n) is 1.67. The largest absolute Gasteiger partial charge is 0.334 e. The van der Waals surface area contributed by atoms with Gasteiger partial charge in [0.05, 0.1) is 5.69 Å². The Kier molecular flexibility index (Phi) is 4.13. The Balaban J connectivity index is 1.91. The molecule has 0 atom stereocenters. The van der Waals surface area contributed by atoms with Crippen LogP contribution in [0.25, 0.3) is 0 Å². The molecular weight excluding hydrogens is 243 g/mol. The Hall–Kier alpha value is -2.36. The van der Waals surface area contributed by atoms with Crippen molar-refractivity contribution in [2.24, 2.45) is 0 Å². The number of carbonyl (C=O) groups excluding carboxylic acids is 1. The number of nitrogens with one attached hydrogen (secondary N) is 2. The number of urea groups is 1. The lowest BCUT2D eigenvalue weighted by Crippen LogP contribution is -2.28. The van der Waals surface area contributed by atoms with Gasteiger partial charge in [-0.3, -0.25) is 0 Å².